The summed E-state index contributed by atoms with van der Waals surface area (Å²) in [6, 6.07) is 7.34. The van der Waals surface area contributed by atoms with Crippen molar-refractivity contribution in [1.29, 1.82) is 0 Å². The van der Waals surface area contributed by atoms with E-state index in [1.807, 2.05) is 25.1 Å². The molecule has 18 heavy (non-hydrogen) atoms. The van der Waals surface area contributed by atoms with E-state index >= 15 is 0 Å². The molecule has 0 radical (unpaired) electrons. The van der Waals surface area contributed by atoms with Crippen molar-refractivity contribution in [2.24, 2.45) is 0 Å². The third kappa shape index (κ3) is 3.42. The second kappa shape index (κ2) is 5.83. The van der Waals surface area contributed by atoms with Crippen molar-refractivity contribution in [3.05, 3.63) is 37.8 Å². The summed E-state index contributed by atoms with van der Waals surface area (Å²) in [6.07, 6.45) is 0.859. The molecule has 2 aromatic rings. The lowest BCUT2D eigenvalue weighted by atomic mass is 10.4. The molecule has 0 amide bonds. The Morgan fingerprint density at radius 2 is 1.89 bits per heavy atom. The Balaban J connectivity index is 2.07. The van der Waals surface area contributed by atoms with Crippen molar-refractivity contribution in [1.82, 2.24) is 4.72 Å². The summed E-state index contributed by atoms with van der Waals surface area (Å²) in [5.74, 6) is 0. The van der Waals surface area contributed by atoms with Gasteiger partial charge in [-0.2, -0.15) is 0 Å². The molecule has 2 aromatic heterocycles. The number of nitrogens with one attached hydrogen (secondary N) is 1. The van der Waals surface area contributed by atoms with Gasteiger partial charge in [0, 0.05) is 16.3 Å². The molecule has 1 N–H and O–H groups in total. The van der Waals surface area contributed by atoms with Crippen molar-refractivity contribution in [2.45, 2.75) is 24.1 Å². The predicted molar refractivity (Wildman–Crippen MR) is 79.7 cm³/mol. The zero-order chi connectivity index (χ0) is 13.2. The molecule has 2 rings (SSSR count). The lowest BCUT2D eigenvalue weighted by Gasteiger charge is -2.02. The van der Waals surface area contributed by atoms with E-state index in [2.05, 4.69) is 20.7 Å². The molecule has 3 nitrogen and oxygen atoms in total. The van der Waals surface area contributed by atoms with Gasteiger partial charge in [0.05, 0.1) is 3.79 Å². The SMILES string of the molecule is CCc1ccc(S(=O)(=O)NCc2ccc(Br)s2)s1. The Hall–Kier alpha value is -0.210. The van der Waals surface area contributed by atoms with Gasteiger partial charge in [0.1, 0.15) is 4.21 Å². The molecule has 0 unspecified atom stereocenters. The highest BCUT2D eigenvalue weighted by molar-refractivity contribution is 9.11. The van der Waals surface area contributed by atoms with Crippen LogP contribution in [-0.2, 0) is 23.0 Å². The zero-order valence-electron chi connectivity index (χ0n) is 9.64. The molecule has 0 aliphatic heterocycles. The first kappa shape index (κ1) is 14.2. The summed E-state index contributed by atoms with van der Waals surface area (Å²) < 4.78 is 28.1. The highest BCUT2D eigenvalue weighted by Crippen LogP contribution is 2.24. The highest BCUT2D eigenvalue weighted by Gasteiger charge is 2.16. The van der Waals surface area contributed by atoms with Gasteiger partial charge >= 0.3 is 0 Å². The van der Waals surface area contributed by atoms with Crippen LogP contribution in [0.25, 0.3) is 0 Å². The topological polar surface area (TPSA) is 46.2 Å². The number of rotatable bonds is 5. The summed E-state index contributed by atoms with van der Waals surface area (Å²) in [6.45, 7) is 2.34. The molecular formula is C11H12BrNO2S3. The molecule has 0 fully saturated rings. The van der Waals surface area contributed by atoms with Crippen LogP contribution < -0.4 is 4.72 Å². The fraction of sp³-hybridized carbons (Fsp3) is 0.273. The van der Waals surface area contributed by atoms with E-state index in [1.165, 1.54) is 22.7 Å². The van der Waals surface area contributed by atoms with Crippen LogP contribution in [0.15, 0.2) is 32.3 Å². The maximum absolute atomic E-state index is 12.0. The lowest BCUT2D eigenvalue weighted by Crippen LogP contribution is -2.21. The molecule has 0 aliphatic carbocycles. The van der Waals surface area contributed by atoms with Crippen LogP contribution in [0.1, 0.15) is 16.7 Å². The number of hydrogen-bond acceptors (Lipinski definition) is 4. The third-order valence-electron chi connectivity index (χ3n) is 2.32. The van der Waals surface area contributed by atoms with E-state index < -0.39 is 10.0 Å². The molecule has 0 spiro atoms. The normalized spacial score (nSPS) is 11.9. The third-order valence-corrected chi connectivity index (χ3v) is 7.06. The van der Waals surface area contributed by atoms with E-state index in [0.29, 0.717) is 10.8 Å². The lowest BCUT2D eigenvalue weighted by molar-refractivity contribution is 0.584. The van der Waals surface area contributed by atoms with Gasteiger partial charge in [-0.25, -0.2) is 13.1 Å². The molecule has 2 heterocycles. The first-order chi connectivity index (χ1) is 8.51. The molecule has 0 saturated carbocycles. The maximum Gasteiger partial charge on any atom is 0.250 e. The Morgan fingerprint density at radius 3 is 2.44 bits per heavy atom. The van der Waals surface area contributed by atoms with Crippen molar-refractivity contribution >= 4 is 48.6 Å². The summed E-state index contributed by atoms with van der Waals surface area (Å²) in [5, 5.41) is 0. The molecule has 0 aliphatic rings. The zero-order valence-corrected chi connectivity index (χ0v) is 13.7. The molecule has 0 atom stereocenters. The fourth-order valence-electron chi connectivity index (χ4n) is 1.38. The van der Waals surface area contributed by atoms with Gasteiger partial charge < -0.3 is 0 Å². The second-order valence-corrected chi connectivity index (χ2v) is 9.31. The molecular weight excluding hydrogens is 354 g/mol. The van der Waals surface area contributed by atoms with Crippen LogP contribution in [0, 0.1) is 0 Å². The summed E-state index contributed by atoms with van der Waals surface area (Å²) in [5.41, 5.74) is 0. The first-order valence-electron chi connectivity index (χ1n) is 5.34. The van der Waals surface area contributed by atoms with Gasteiger partial charge in [0.25, 0.3) is 0 Å². The Morgan fingerprint density at radius 1 is 1.17 bits per heavy atom. The fourth-order valence-corrected chi connectivity index (χ4v) is 5.24. The molecule has 7 heteroatoms. The number of sulfonamides is 1. The Labute approximate surface area is 123 Å². The van der Waals surface area contributed by atoms with Crippen molar-refractivity contribution in [3.63, 3.8) is 0 Å². The van der Waals surface area contributed by atoms with E-state index in [0.717, 1.165) is 20.0 Å². The average molecular weight is 366 g/mol. The van der Waals surface area contributed by atoms with Gasteiger partial charge in [-0.1, -0.05) is 6.92 Å². The molecule has 0 saturated heterocycles. The summed E-state index contributed by atoms with van der Waals surface area (Å²) in [7, 11) is -3.38. The van der Waals surface area contributed by atoms with Crippen LogP contribution in [0.5, 0.6) is 0 Å². The molecule has 98 valence electrons. The standard InChI is InChI=1S/C11H12BrNO2S3/c1-2-8-4-6-11(17-8)18(14,15)13-7-9-3-5-10(12)16-9/h3-6,13H,2,7H2,1H3. The second-order valence-electron chi connectivity index (χ2n) is 3.60. The number of thiophene rings is 2. The smallest absolute Gasteiger partial charge is 0.206 e. The Bertz CT molecular complexity index is 630. The largest absolute Gasteiger partial charge is 0.250 e. The monoisotopic (exact) mass is 365 g/mol. The van der Waals surface area contributed by atoms with E-state index in [4.69, 9.17) is 0 Å². The van der Waals surface area contributed by atoms with E-state index in [1.54, 1.807) is 6.07 Å². The number of aryl methyl sites for hydroxylation is 1. The number of halogens is 1. The van der Waals surface area contributed by atoms with Crippen LogP contribution in [0.4, 0.5) is 0 Å². The quantitative estimate of drug-likeness (QED) is 0.879. The predicted octanol–water partition coefficient (Wildman–Crippen LogP) is 3.61. The van der Waals surface area contributed by atoms with Gasteiger partial charge in [0.15, 0.2) is 0 Å². The summed E-state index contributed by atoms with van der Waals surface area (Å²) in [4.78, 5) is 2.06. The van der Waals surface area contributed by atoms with Crippen LogP contribution in [-0.4, -0.2) is 8.42 Å². The highest BCUT2D eigenvalue weighted by atomic mass is 79.9. The van der Waals surface area contributed by atoms with Gasteiger partial charge in [-0.3, -0.25) is 0 Å². The maximum atomic E-state index is 12.0. The molecule has 0 aromatic carbocycles. The van der Waals surface area contributed by atoms with Crippen LogP contribution >= 0.6 is 38.6 Å². The van der Waals surface area contributed by atoms with Crippen LogP contribution in [0.3, 0.4) is 0 Å². The van der Waals surface area contributed by atoms with Gasteiger partial charge in [-0.05, 0) is 46.6 Å². The van der Waals surface area contributed by atoms with Crippen LogP contribution in [0.2, 0.25) is 0 Å². The molecule has 0 bridgehead atoms. The Kier molecular flexibility index (Phi) is 4.60. The van der Waals surface area contributed by atoms with E-state index in [9.17, 15) is 8.42 Å². The summed E-state index contributed by atoms with van der Waals surface area (Å²) >= 11 is 6.20. The number of hydrogen-bond donors (Lipinski definition) is 1. The minimum atomic E-state index is -3.38. The van der Waals surface area contributed by atoms with Crippen molar-refractivity contribution in [2.75, 3.05) is 0 Å². The van der Waals surface area contributed by atoms with Gasteiger partial charge in [0.2, 0.25) is 10.0 Å². The minimum absolute atomic E-state index is 0.331. The van der Waals surface area contributed by atoms with E-state index in [-0.39, 0.29) is 0 Å². The first-order valence-corrected chi connectivity index (χ1v) is 9.25. The van der Waals surface area contributed by atoms with Crippen molar-refractivity contribution < 1.29 is 8.42 Å². The minimum Gasteiger partial charge on any atom is -0.206 e. The van der Waals surface area contributed by atoms with Gasteiger partial charge in [-0.15, -0.1) is 22.7 Å². The average Bonchev–Trinajstić information content (AvgIpc) is 2.95. The van der Waals surface area contributed by atoms with Crippen molar-refractivity contribution in [3.8, 4) is 0 Å².